The van der Waals surface area contributed by atoms with E-state index in [1.54, 1.807) is 0 Å². The van der Waals surface area contributed by atoms with Crippen LogP contribution in [0.15, 0.2) is 18.2 Å². The van der Waals surface area contributed by atoms with Gasteiger partial charge in [-0.3, -0.25) is 4.79 Å². The lowest BCUT2D eigenvalue weighted by atomic mass is 9.98. The summed E-state index contributed by atoms with van der Waals surface area (Å²) in [4.78, 5) is 13.5. The predicted molar refractivity (Wildman–Crippen MR) is 67.1 cm³/mol. The molecule has 116 valence electrons. The van der Waals surface area contributed by atoms with E-state index in [4.69, 9.17) is 5.11 Å². The number of hydrogen-bond acceptors (Lipinski definition) is 2. The molecule has 1 amide bonds. The van der Waals surface area contributed by atoms with Crippen LogP contribution < -0.4 is 0 Å². The van der Waals surface area contributed by atoms with Crippen LogP contribution in [-0.4, -0.2) is 35.6 Å². The van der Waals surface area contributed by atoms with Crippen LogP contribution in [-0.2, 0) is 6.18 Å². The molecule has 1 aliphatic rings. The fourth-order valence-corrected chi connectivity index (χ4v) is 2.43. The molecule has 0 aliphatic carbocycles. The number of benzene rings is 1. The van der Waals surface area contributed by atoms with Crippen LogP contribution >= 0.6 is 0 Å². The molecular weight excluding hydrogens is 290 g/mol. The van der Waals surface area contributed by atoms with Crippen molar-refractivity contribution in [1.82, 2.24) is 4.90 Å². The molecule has 1 atom stereocenters. The molecule has 1 unspecified atom stereocenters. The van der Waals surface area contributed by atoms with Gasteiger partial charge >= 0.3 is 6.18 Å². The van der Waals surface area contributed by atoms with Crippen molar-refractivity contribution in [3.8, 4) is 0 Å². The first-order valence-electron chi connectivity index (χ1n) is 6.60. The Kier molecular flexibility index (Phi) is 4.51. The highest BCUT2D eigenvalue weighted by molar-refractivity contribution is 5.94. The molecule has 7 heteroatoms. The normalized spacial score (nSPS) is 19.7. The molecule has 0 saturated carbocycles. The number of likely N-dealkylation sites (tertiary alicyclic amines) is 1. The maximum absolute atomic E-state index is 13.7. The minimum absolute atomic E-state index is 0.102. The Morgan fingerprint density at radius 1 is 1.38 bits per heavy atom. The summed E-state index contributed by atoms with van der Waals surface area (Å²) in [6, 6.07) is 1.81. The number of alkyl halides is 3. The number of nitrogens with zero attached hydrogens (tertiary/aromatic N) is 1. The monoisotopic (exact) mass is 305 g/mol. The van der Waals surface area contributed by atoms with Crippen LogP contribution in [0, 0.1) is 11.7 Å². The molecule has 1 N–H and O–H groups in total. The largest absolute Gasteiger partial charge is 0.416 e. The molecule has 3 nitrogen and oxygen atoms in total. The first-order chi connectivity index (χ1) is 9.82. The number of carbonyl (C=O) groups excluding carboxylic acids is 1. The van der Waals surface area contributed by atoms with Gasteiger partial charge in [-0.25, -0.2) is 4.39 Å². The van der Waals surface area contributed by atoms with E-state index in [-0.39, 0.29) is 19.1 Å². The summed E-state index contributed by atoms with van der Waals surface area (Å²) in [5.74, 6) is -1.85. The molecule has 1 saturated heterocycles. The number of halogens is 4. The Hall–Kier alpha value is -1.63. The van der Waals surface area contributed by atoms with E-state index in [9.17, 15) is 22.4 Å². The maximum atomic E-state index is 13.7. The van der Waals surface area contributed by atoms with E-state index in [2.05, 4.69) is 0 Å². The third-order valence-corrected chi connectivity index (χ3v) is 3.59. The Morgan fingerprint density at radius 2 is 2.10 bits per heavy atom. The highest BCUT2D eigenvalue weighted by atomic mass is 19.4. The zero-order valence-electron chi connectivity index (χ0n) is 11.2. The van der Waals surface area contributed by atoms with Gasteiger partial charge in [0.15, 0.2) is 0 Å². The number of carbonyl (C=O) groups is 1. The van der Waals surface area contributed by atoms with E-state index in [1.165, 1.54) is 4.90 Å². The van der Waals surface area contributed by atoms with Crippen LogP contribution in [0.4, 0.5) is 17.6 Å². The topological polar surface area (TPSA) is 40.5 Å². The molecule has 0 spiro atoms. The fourth-order valence-electron chi connectivity index (χ4n) is 2.43. The van der Waals surface area contributed by atoms with Gasteiger partial charge in [0.25, 0.3) is 5.91 Å². The number of aliphatic hydroxyl groups is 1. The average Bonchev–Trinajstić information content (AvgIpc) is 2.46. The van der Waals surface area contributed by atoms with Gasteiger partial charge < -0.3 is 10.0 Å². The molecule has 1 fully saturated rings. The molecular formula is C14H15F4NO2. The summed E-state index contributed by atoms with van der Waals surface area (Å²) < 4.78 is 51.6. The smallest absolute Gasteiger partial charge is 0.396 e. The summed E-state index contributed by atoms with van der Waals surface area (Å²) in [5, 5.41) is 9.11. The molecule has 1 aliphatic heterocycles. The summed E-state index contributed by atoms with van der Waals surface area (Å²) in [6.07, 6.45) is -3.25. The molecule has 1 aromatic carbocycles. The van der Waals surface area contributed by atoms with Crippen LogP contribution in [0.1, 0.15) is 28.8 Å². The summed E-state index contributed by atoms with van der Waals surface area (Å²) in [5.41, 5.74) is -1.63. The van der Waals surface area contributed by atoms with Crippen molar-refractivity contribution in [2.75, 3.05) is 19.7 Å². The van der Waals surface area contributed by atoms with E-state index >= 15 is 0 Å². The number of amides is 1. The van der Waals surface area contributed by atoms with Gasteiger partial charge in [0.2, 0.25) is 0 Å². The molecule has 0 aromatic heterocycles. The molecule has 0 bridgehead atoms. The lowest BCUT2D eigenvalue weighted by Gasteiger charge is -2.32. The van der Waals surface area contributed by atoms with Gasteiger partial charge in [-0.05, 0) is 37.0 Å². The standard InChI is InChI=1S/C14H15F4NO2/c15-12-4-3-10(14(16,17)18)6-11(12)13(21)19-5-1-2-9(7-19)8-20/h3-4,6,9,20H,1-2,5,7-8H2. The Bertz CT molecular complexity index is 530. The summed E-state index contributed by atoms with van der Waals surface area (Å²) >= 11 is 0. The second kappa shape index (κ2) is 6.01. The zero-order valence-corrected chi connectivity index (χ0v) is 11.2. The fraction of sp³-hybridized carbons (Fsp3) is 0.500. The first-order valence-corrected chi connectivity index (χ1v) is 6.60. The van der Waals surface area contributed by atoms with Gasteiger partial charge in [0, 0.05) is 19.7 Å². The van der Waals surface area contributed by atoms with Crippen LogP contribution in [0.3, 0.4) is 0 Å². The Morgan fingerprint density at radius 3 is 2.71 bits per heavy atom. The third-order valence-electron chi connectivity index (χ3n) is 3.59. The van der Waals surface area contributed by atoms with Crippen molar-refractivity contribution >= 4 is 5.91 Å². The zero-order chi connectivity index (χ0) is 15.6. The second-order valence-electron chi connectivity index (χ2n) is 5.13. The second-order valence-corrected chi connectivity index (χ2v) is 5.13. The summed E-state index contributed by atoms with van der Waals surface area (Å²) in [6.45, 7) is 0.477. The van der Waals surface area contributed by atoms with E-state index in [0.29, 0.717) is 31.2 Å². The number of aliphatic hydroxyl groups excluding tert-OH is 1. The first kappa shape index (κ1) is 15.8. The highest BCUT2D eigenvalue weighted by Crippen LogP contribution is 2.31. The van der Waals surface area contributed by atoms with Gasteiger partial charge in [-0.1, -0.05) is 0 Å². The molecule has 1 heterocycles. The minimum Gasteiger partial charge on any atom is -0.396 e. The van der Waals surface area contributed by atoms with E-state index in [0.717, 1.165) is 6.42 Å². The molecule has 0 radical (unpaired) electrons. The van der Waals surface area contributed by atoms with Crippen LogP contribution in [0.25, 0.3) is 0 Å². The van der Waals surface area contributed by atoms with Crippen molar-refractivity contribution < 1.29 is 27.5 Å². The molecule has 1 aromatic rings. The van der Waals surface area contributed by atoms with Crippen LogP contribution in [0.2, 0.25) is 0 Å². The van der Waals surface area contributed by atoms with Gasteiger partial charge in [0.1, 0.15) is 5.82 Å². The van der Waals surface area contributed by atoms with Crippen molar-refractivity contribution in [3.63, 3.8) is 0 Å². The van der Waals surface area contributed by atoms with Gasteiger partial charge in [-0.2, -0.15) is 13.2 Å². The van der Waals surface area contributed by atoms with Crippen molar-refractivity contribution in [1.29, 1.82) is 0 Å². The van der Waals surface area contributed by atoms with E-state index < -0.39 is 29.0 Å². The maximum Gasteiger partial charge on any atom is 0.416 e. The van der Waals surface area contributed by atoms with Gasteiger partial charge in [0.05, 0.1) is 11.1 Å². The van der Waals surface area contributed by atoms with Crippen molar-refractivity contribution in [2.24, 2.45) is 5.92 Å². The van der Waals surface area contributed by atoms with Crippen LogP contribution in [0.5, 0.6) is 0 Å². The molecule has 21 heavy (non-hydrogen) atoms. The lowest BCUT2D eigenvalue weighted by Crippen LogP contribution is -2.41. The van der Waals surface area contributed by atoms with Crippen molar-refractivity contribution in [2.45, 2.75) is 19.0 Å². The third kappa shape index (κ3) is 3.53. The number of piperidine rings is 1. The van der Waals surface area contributed by atoms with E-state index in [1.807, 2.05) is 0 Å². The Labute approximate surface area is 119 Å². The highest BCUT2D eigenvalue weighted by Gasteiger charge is 2.33. The summed E-state index contributed by atoms with van der Waals surface area (Å²) in [7, 11) is 0. The minimum atomic E-state index is -4.63. The number of rotatable bonds is 2. The SMILES string of the molecule is O=C(c1cc(C(F)(F)F)ccc1F)N1CCCC(CO)C1. The van der Waals surface area contributed by atoms with Gasteiger partial charge in [-0.15, -0.1) is 0 Å². The predicted octanol–water partition coefficient (Wildman–Crippen LogP) is 2.69. The quantitative estimate of drug-likeness (QED) is 0.854. The molecule has 2 rings (SSSR count). The lowest BCUT2D eigenvalue weighted by molar-refractivity contribution is -0.137. The number of hydrogen-bond donors (Lipinski definition) is 1. The average molecular weight is 305 g/mol. The Balaban J connectivity index is 2.26. The van der Waals surface area contributed by atoms with Crippen molar-refractivity contribution in [3.05, 3.63) is 35.1 Å².